The van der Waals surface area contributed by atoms with Crippen LogP contribution in [0, 0.1) is 0 Å². The van der Waals surface area contributed by atoms with Gasteiger partial charge < -0.3 is 15.4 Å². The number of rotatable bonds is 3. The zero-order chi connectivity index (χ0) is 12.3. The molecule has 2 N–H and O–H groups in total. The van der Waals surface area contributed by atoms with E-state index in [9.17, 15) is 4.79 Å². The molecular formula is C12H18N2O2S. The largest absolute Gasteiger partial charge is 0.495 e. The Labute approximate surface area is 105 Å². The minimum atomic E-state index is 0.0620. The zero-order valence-corrected chi connectivity index (χ0v) is 10.8. The van der Waals surface area contributed by atoms with Crippen LogP contribution >= 0.6 is 11.3 Å². The second-order valence-corrected chi connectivity index (χ2v) is 5.12. The predicted octanol–water partition coefficient (Wildman–Crippen LogP) is 1.71. The van der Waals surface area contributed by atoms with Crippen molar-refractivity contribution in [1.82, 2.24) is 4.90 Å². The van der Waals surface area contributed by atoms with Gasteiger partial charge in [-0.2, -0.15) is 0 Å². The average Bonchev–Trinajstić information content (AvgIpc) is 2.86. The molecule has 1 saturated heterocycles. The first-order chi connectivity index (χ1) is 8.27. The minimum absolute atomic E-state index is 0.0620. The number of hydrogen-bond donors (Lipinski definition) is 1. The summed E-state index contributed by atoms with van der Waals surface area (Å²) in [5.74, 6) is 0.730. The number of ether oxygens (including phenoxy) is 1. The van der Waals surface area contributed by atoms with Crippen LogP contribution in [0.1, 0.15) is 28.9 Å². The van der Waals surface area contributed by atoms with Gasteiger partial charge in [0.2, 0.25) is 0 Å². The summed E-state index contributed by atoms with van der Waals surface area (Å²) in [6.07, 6.45) is 3.24. The molecule has 4 nitrogen and oxygen atoms in total. The number of amides is 1. The summed E-state index contributed by atoms with van der Waals surface area (Å²) in [5.41, 5.74) is 5.73. The predicted molar refractivity (Wildman–Crippen MR) is 68.6 cm³/mol. The molecule has 1 aliphatic rings. The Bertz CT molecular complexity index is 392. The third kappa shape index (κ3) is 2.45. The van der Waals surface area contributed by atoms with Crippen LogP contribution < -0.4 is 10.5 Å². The van der Waals surface area contributed by atoms with E-state index in [0.29, 0.717) is 17.2 Å². The Balaban J connectivity index is 2.18. The highest BCUT2D eigenvalue weighted by Gasteiger charge is 2.28. The topological polar surface area (TPSA) is 55.6 Å². The van der Waals surface area contributed by atoms with Crippen LogP contribution in [0.4, 0.5) is 0 Å². The lowest BCUT2D eigenvalue weighted by atomic mass is 10.0. The Kier molecular flexibility index (Phi) is 4.02. The smallest absolute Gasteiger partial charge is 0.268 e. The molecule has 0 aromatic carbocycles. The standard InChI is InChI=1S/C12H18N2O2S/c1-16-10-5-7-17-11(10)12(15)14-6-3-2-4-9(14)8-13/h5,7,9H,2-4,6,8,13H2,1H3. The number of hydrogen-bond acceptors (Lipinski definition) is 4. The van der Waals surface area contributed by atoms with Gasteiger partial charge in [-0.15, -0.1) is 11.3 Å². The van der Waals surface area contributed by atoms with Gasteiger partial charge in [-0.05, 0) is 30.7 Å². The van der Waals surface area contributed by atoms with Crippen LogP contribution in [0.15, 0.2) is 11.4 Å². The van der Waals surface area contributed by atoms with E-state index in [4.69, 9.17) is 10.5 Å². The first-order valence-electron chi connectivity index (χ1n) is 5.90. The molecule has 1 unspecified atom stereocenters. The molecule has 0 bridgehead atoms. The Morgan fingerprint density at radius 3 is 3.18 bits per heavy atom. The SMILES string of the molecule is COc1ccsc1C(=O)N1CCCCC1CN. The molecule has 0 aliphatic carbocycles. The van der Waals surface area contributed by atoms with Crippen LogP contribution in [0.25, 0.3) is 0 Å². The van der Waals surface area contributed by atoms with Gasteiger partial charge in [0.05, 0.1) is 7.11 Å². The van der Waals surface area contributed by atoms with Crippen molar-refractivity contribution >= 4 is 17.2 Å². The minimum Gasteiger partial charge on any atom is -0.495 e. The first-order valence-corrected chi connectivity index (χ1v) is 6.78. The monoisotopic (exact) mass is 254 g/mol. The van der Waals surface area contributed by atoms with E-state index >= 15 is 0 Å². The molecule has 1 aliphatic heterocycles. The number of carbonyl (C=O) groups excluding carboxylic acids is 1. The van der Waals surface area contributed by atoms with Crippen molar-refractivity contribution in [2.45, 2.75) is 25.3 Å². The van der Waals surface area contributed by atoms with Gasteiger partial charge >= 0.3 is 0 Å². The summed E-state index contributed by atoms with van der Waals surface area (Å²) < 4.78 is 5.20. The summed E-state index contributed by atoms with van der Waals surface area (Å²) in [6.45, 7) is 1.35. The fourth-order valence-electron chi connectivity index (χ4n) is 2.26. The number of nitrogens with two attached hydrogens (primary N) is 1. The number of carbonyl (C=O) groups is 1. The summed E-state index contributed by atoms with van der Waals surface area (Å²) in [5, 5.41) is 1.88. The molecule has 17 heavy (non-hydrogen) atoms. The van der Waals surface area contributed by atoms with Crippen LogP contribution in [0.3, 0.4) is 0 Å². The van der Waals surface area contributed by atoms with Crippen molar-refractivity contribution in [3.05, 3.63) is 16.3 Å². The van der Waals surface area contributed by atoms with Crippen molar-refractivity contribution in [1.29, 1.82) is 0 Å². The maximum atomic E-state index is 12.4. The van der Waals surface area contributed by atoms with E-state index in [0.717, 1.165) is 25.8 Å². The Morgan fingerprint density at radius 1 is 1.65 bits per heavy atom. The molecular weight excluding hydrogens is 236 g/mol. The highest BCUT2D eigenvalue weighted by molar-refractivity contribution is 7.12. The fourth-order valence-corrected chi connectivity index (χ4v) is 3.07. The van der Waals surface area contributed by atoms with Gasteiger partial charge in [0, 0.05) is 19.1 Å². The Hall–Kier alpha value is -1.07. The van der Waals surface area contributed by atoms with Crippen molar-refractivity contribution < 1.29 is 9.53 Å². The van der Waals surface area contributed by atoms with Gasteiger partial charge in [-0.25, -0.2) is 0 Å². The molecule has 94 valence electrons. The maximum absolute atomic E-state index is 12.4. The number of thiophene rings is 1. The normalized spacial score (nSPS) is 20.4. The van der Waals surface area contributed by atoms with E-state index in [1.807, 2.05) is 16.3 Å². The van der Waals surface area contributed by atoms with Gasteiger partial charge in [0.25, 0.3) is 5.91 Å². The number of likely N-dealkylation sites (tertiary alicyclic amines) is 1. The highest BCUT2D eigenvalue weighted by atomic mass is 32.1. The third-order valence-electron chi connectivity index (χ3n) is 3.20. The zero-order valence-electron chi connectivity index (χ0n) is 10.0. The lowest BCUT2D eigenvalue weighted by molar-refractivity contribution is 0.0625. The van der Waals surface area contributed by atoms with Crippen LogP contribution in [0.2, 0.25) is 0 Å². The third-order valence-corrected chi connectivity index (χ3v) is 4.09. The highest BCUT2D eigenvalue weighted by Crippen LogP contribution is 2.28. The van der Waals surface area contributed by atoms with Crippen LogP contribution in [-0.4, -0.2) is 37.0 Å². The molecule has 2 heterocycles. The van der Waals surface area contributed by atoms with E-state index in [-0.39, 0.29) is 11.9 Å². The van der Waals surface area contributed by atoms with Gasteiger partial charge in [-0.3, -0.25) is 4.79 Å². The van der Waals surface area contributed by atoms with Gasteiger partial charge in [0.1, 0.15) is 10.6 Å². The van der Waals surface area contributed by atoms with Gasteiger partial charge in [0.15, 0.2) is 0 Å². The fraction of sp³-hybridized carbons (Fsp3) is 0.583. The lowest BCUT2D eigenvalue weighted by Gasteiger charge is -2.34. The van der Waals surface area contributed by atoms with Crippen molar-refractivity contribution in [3.63, 3.8) is 0 Å². The Morgan fingerprint density at radius 2 is 2.47 bits per heavy atom. The van der Waals surface area contributed by atoms with Crippen LogP contribution in [-0.2, 0) is 0 Å². The van der Waals surface area contributed by atoms with E-state index < -0.39 is 0 Å². The molecule has 0 spiro atoms. The molecule has 1 atom stereocenters. The molecule has 5 heteroatoms. The summed E-state index contributed by atoms with van der Waals surface area (Å²) in [7, 11) is 1.59. The number of methoxy groups -OCH3 is 1. The summed E-state index contributed by atoms with van der Waals surface area (Å²) in [4.78, 5) is 15.0. The first kappa shape index (κ1) is 12.4. The maximum Gasteiger partial charge on any atom is 0.268 e. The molecule has 0 radical (unpaired) electrons. The van der Waals surface area contributed by atoms with Crippen molar-refractivity contribution in [2.75, 3.05) is 20.2 Å². The summed E-state index contributed by atoms with van der Waals surface area (Å²) in [6, 6.07) is 2.02. The number of nitrogens with zero attached hydrogens (tertiary/aromatic N) is 1. The summed E-state index contributed by atoms with van der Waals surface area (Å²) >= 11 is 1.43. The number of piperidine rings is 1. The molecule has 2 rings (SSSR count). The van der Waals surface area contributed by atoms with Crippen molar-refractivity contribution in [2.24, 2.45) is 5.73 Å². The van der Waals surface area contributed by atoms with E-state index in [1.54, 1.807) is 7.11 Å². The van der Waals surface area contributed by atoms with Gasteiger partial charge in [-0.1, -0.05) is 0 Å². The van der Waals surface area contributed by atoms with E-state index in [2.05, 4.69) is 0 Å². The molecule has 1 aromatic rings. The second-order valence-electron chi connectivity index (χ2n) is 4.20. The molecule has 1 amide bonds. The van der Waals surface area contributed by atoms with E-state index in [1.165, 1.54) is 11.3 Å². The van der Waals surface area contributed by atoms with Crippen LogP contribution in [0.5, 0.6) is 5.75 Å². The van der Waals surface area contributed by atoms with Crippen molar-refractivity contribution in [3.8, 4) is 5.75 Å². The molecule has 0 saturated carbocycles. The quantitative estimate of drug-likeness (QED) is 0.893. The average molecular weight is 254 g/mol. The molecule has 1 fully saturated rings. The molecule has 1 aromatic heterocycles. The lowest BCUT2D eigenvalue weighted by Crippen LogP contribution is -2.47. The second kappa shape index (κ2) is 5.51.